The van der Waals surface area contributed by atoms with Crippen molar-refractivity contribution in [3.63, 3.8) is 0 Å². The number of furan rings is 1. The number of amides is 1. The Hall–Kier alpha value is -1.45. The predicted molar refractivity (Wildman–Crippen MR) is 66.0 cm³/mol. The smallest absolute Gasteiger partial charge is 0.408 e. The number of hydrogen-bond donors (Lipinski definition) is 1. The minimum atomic E-state index is -0.487. The van der Waals surface area contributed by atoms with Gasteiger partial charge in [-0.3, -0.25) is 0 Å². The summed E-state index contributed by atoms with van der Waals surface area (Å²) in [6.45, 7) is 11.2. The second-order valence-corrected chi connectivity index (χ2v) is 5.26. The molecule has 4 heteroatoms. The van der Waals surface area contributed by atoms with Gasteiger partial charge < -0.3 is 14.5 Å². The van der Waals surface area contributed by atoms with Crippen molar-refractivity contribution in [1.82, 2.24) is 5.32 Å². The molecule has 96 valence electrons. The van der Waals surface area contributed by atoms with Gasteiger partial charge in [-0.15, -0.1) is 0 Å². The Morgan fingerprint density at radius 3 is 2.41 bits per heavy atom. The highest BCUT2D eigenvalue weighted by molar-refractivity contribution is 5.68. The van der Waals surface area contributed by atoms with E-state index in [1.54, 1.807) is 0 Å². The second kappa shape index (κ2) is 4.82. The van der Waals surface area contributed by atoms with E-state index in [2.05, 4.69) is 5.32 Å². The fraction of sp³-hybridized carbons (Fsp3) is 0.615. The summed E-state index contributed by atoms with van der Waals surface area (Å²) in [6, 6.07) is 1.73. The third-order valence-electron chi connectivity index (χ3n) is 2.35. The summed E-state index contributed by atoms with van der Waals surface area (Å²) in [5.74, 6) is 1.61. The molecule has 1 rings (SSSR count). The van der Waals surface area contributed by atoms with Crippen molar-refractivity contribution in [2.24, 2.45) is 0 Å². The van der Waals surface area contributed by atoms with Gasteiger partial charge in [-0.25, -0.2) is 4.79 Å². The predicted octanol–water partition coefficient (Wildman–Crippen LogP) is 3.48. The maximum absolute atomic E-state index is 11.6. The molecular weight excluding hydrogens is 218 g/mol. The van der Waals surface area contributed by atoms with Crippen molar-refractivity contribution in [3.05, 3.63) is 23.2 Å². The van der Waals surface area contributed by atoms with E-state index in [0.29, 0.717) is 0 Å². The lowest BCUT2D eigenvalue weighted by molar-refractivity contribution is 0.0502. The molecule has 1 atom stereocenters. The Labute approximate surface area is 102 Å². The molecular formula is C13H21NO3. The van der Waals surface area contributed by atoms with Gasteiger partial charge in [0.15, 0.2) is 0 Å². The normalized spacial score (nSPS) is 13.3. The number of hydrogen-bond acceptors (Lipinski definition) is 3. The molecule has 1 aromatic heterocycles. The molecule has 0 bridgehead atoms. The molecule has 0 spiro atoms. The molecule has 1 unspecified atom stereocenters. The zero-order valence-corrected chi connectivity index (χ0v) is 11.4. The minimum absolute atomic E-state index is 0.197. The largest absolute Gasteiger partial charge is 0.464 e. The molecule has 0 saturated heterocycles. The van der Waals surface area contributed by atoms with E-state index in [4.69, 9.17) is 9.15 Å². The molecule has 0 aliphatic rings. The molecule has 1 aromatic rings. The number of carbonyl (C=O) groups excluding carboxylic acids is 1. The summed E-state index contributed by atoms with van der Waals surface area (Å²) in [6.07, 6.45) is -0.434. The van der Waals surface area contributed by atoms with Crippen molar-refractivity contribution in [3.8, 4) is 0 Å². The number of ether oxygens (including phenoxy) is 1. The second-order valence-electron chi connectivity index (χ2n) is 5.26. The van der Waals surface area contributed by atoms with Crippen molar-refractivity contribution in [2.75, 3.05) is 0 Å². The molecule has 0 radical (unpaired) electrons. The van der Waals surface area contributed by atoms with Crippen LogP contribution in [-0.2, 0) is 4.74 Å². The number of rotatable bonds is 2. The van der Waals surface area contributed by atoms with Gasteiger partial charge in [0.2, 0.25) is 0 Å². The van der Waals surface area contributed by atoms with Gasteiger partial charge in [0.05, 0.1) is 6.04 Å². The Kier molecular flexibility index (Phi) is 3.86. The zero-order chi connectivity index (χ0) is 13.2. The first-order chi connectivity index (χ1) is 7.69. The van der Waals surface area contributed by atoms with Crippen LogP contribution >= 0.6 is 0 Å². The number of carbonyl (C=O) groups is 1. The molecule has 1 N–H and O–H groups in total. The van der Waals surface area contributed by atoms with E-state index in [9.17, 15) is 4.79 Å². The molecule has 4 nitrogen and oxygen atoms in total. The Balaban J connectivity index is 2.60. The fourth-order valence-corrected chi connectivity index (χ4v) is 1.37. The quantitative estimate of drug-likeness (QED) is 0.859. The van der Waals surface area contributed by atoms with Gasteiger partial charge in [0, 0.05) is 0 Å². The van der Waals surface area contributed by atoms with Crippen LogP contribution in [0.2, 0.25) is 0 Å². The standard InChI is InChI=1S/C13H21NO3/c1-8-7-11(16-10(8)3)9(2)14-12(15)17-13(4,5)6/h7,9H,1-6H3,(H,14,15). The van der Waals surface area contributed by atoms with Crippen LogP contribution in [0.15, 0.2) is 10.5 Å². The number of alkyl carbamates (subject to hydrolysis) is 1. The highest BCUT2D eigenvalue weighted by atomic mass is 16.6. The van der Waals surface area contributed by atoms with E-state index in [1.165, 1.54) is 0 Å². The maximum Gasteiger partial charge on any atom is 0.408 e. The third-order valence-corrected chi connectivity index (χ3v) is 2.35. The van der Waals surface area contributed by atoms with Gasteiger partial charge in [-0.05, 0) is 53.2 Å². The van der Waals surface area contributed by atoms with Crippen molar-refractivity contribution in [2.45, 2.75) is 53.2 Å². The summed E-state index contributed by atoms with van der Waals surface area (Å²) in [7, 11) is 0. The molecule has 0 aromatic carbocycles. The van der Waals surface area contributed by atoms with Crippen LogP contribution in [0, 0.1) is 13.8 Å². The average molecular weight is 239 g/mol. The summed E-state index contributed by atoms with van der Waals surface area (Å²) >= 11 is 0. The molecule has 0 aliphatic carbocycles. The van der Waals surface area contributed by atoms with Crippen LogP contribution in [0.5, 0.6) is 0 Å². The van der Waals surface area contributed by atoms with Crippen molar-refractivity contribution in [1.29, 1.82) is 0 Å². The van der Waals surface area contributed by atoms with E-state index < -0.39 is 11.7 Å². The molecule has 17 heavy (non-hydrogen) atoms. The van der Waals surface area contributed by atoms with Crippen LogP contribution in [0.3, 0.4) is 0 Å². The number of nitrogens with one attached hydrogen (secondary N) is 1. The van der Waals surface area contributed by atoms with Gasteiger partial charge >= 0.3 is 6.09 Å². The molecule has 0 saturated carbocycles. The van der Waals surface area contributed by atoms with Crippen LogP contribution < -0.4 is 5.32 Å². The first-order valence-corrected chi connectivity index (χ1v) is 5.75. The van der Waals surface area contributed by atoms with Crippen LogP contribution in [0.4, 0.5) is 4.79 Å². The van der Waals surface area contributed by atoms with E-state index in [1.807, 2.05) is 47.6 Å². The topological polar surface area (TPSA) is 51.5 Å². The average Bonchev–Trinajstić information content (AvgIpc) is 2.43. The Bertz CT molecular complexity index is 382. The van der Waals surface area contributed by atoms with E-state index in [0.717, 1.165) is 17.1 Å². The highest BCUT2D eigenvalue weighted by Gasteiger charge is 2.19. The van der Waals surface area contributed by atoms with Gasteiger partial charge in [-0.1, -0.05) is 0 Å². The Morgan fingerprint density at radius 1 is 1.41 bits per heavy atom. The molecule has 1 heterocycles. The lowest BCUT2D eigenvalue weighted by atomic mass is 10.2. The van der Waals surface area contributed by atoms with E-state index in [-0.39, 0.29) is 6.04 Å². The summed E-state index contributed by atoms with van der Waals surface area (Å²) < 4.78 is 10.7. The first-order valence-electron chi connectivity index (χ1n) is 5.75. The minimum Gasteiger partial charge on any atom is -0.464 e. The van der Waals surface area contributed by atoms with Crippen molar-refractivity contribution < 1.29 is 13.9 Å². The summed E-state index contributed by atoms with van der Waals surface area (Å²) in [4.78, 5) is 11.6. The van der Waals surface area contributed by atoms with Crippen LogP contribution in [0.25, 0.3) is 0 Å². The van der Waals surface area contributed by atoms with Gasteiger partial charge in [0.1, 0.15) is 17.1 Å². The highest BCUT2D eigenvalue weighted by Crippen LogP contribution is 2.20. The molecule has 0 aliphatic heterocycles. The van der Waals surface area contributed by atoms with Gasteiger partial charge in [0.25, 0.3) is 0 Å². The molecule has 0 fully saturated rings. The third kappa shape index (κ3) is 4.13. The lowest BCUT2D eigenvalue weighted by Crippen LogP contribution is -2.33. The van der Waals surface area contributed by atoms with Crippen LogP contribution in [-0.4, -0.2) is 11.7 Å². The summed E-state index contributed by atoms with van der Waals surface area (Å²) in [5, 5.41) is 2.74. The monoisotopic (exact) mass is 239 g/mol. The van der Waals surface area contributed by atoms with Crippen molar-refractivity contribution >= 4 is 6.09 Å². The van der Waals surface area contributed by atoms with E-state index >= 15 is 0 Å². The SMILES string of the molecule is Cc1cc(C(C)NC(=O)OC(C)(C)C)oc1C. The first kappa shape index (κ1) is 13.6. The zero-order valence-electron chi connectivity index (χ0n) is 11.4. The summed E-state index contributed by atoms with van der Waals surface area (Å²) in [5.41, 5.74) is 0.594. The Morgan fingerprint density at radius 2 is 2.00 bits per heavy atom. The van der Waals surface area contributed by atoms with Gasteiger partial charge in [-0.2, -0.15) is 0 Å². The lowest BCUT2D eigenvalue weighted by Gasteiger charge is -2.21. The number of aryl methyl sites for hydroxylation is 2. The maximum atomic E-state index is 11.6. The fourth-order valence-electron chi connectivity index (χ4n) is 1.37. The van der Waals surface area contributed by atoms with Crippen LogP contribution in [0.1, 0.15) is 50.8 Å². The molecule has 1 amide bonds.